The lowest BCUT2D eigenvalue weighted by Crippen LogP contribution is -2.25. The molecule has 0 aliphatic carbocycles. The third-order valence-corrected chi connectivity index (χ3v) is 3.41. The molecule has 3 rings (SSSR count). The van der Waals surface area contributed by atoms with Crippen LogP contribution in [0.3, 0.4) is 0 Å². The molecular formula is C13H15FN4O. The van der Waals surface area contributed by atoms with Gasteiger partial charge in [0.2, 0.25) is 0 Å². The highest BCUT2D eigenvalue weighted by Crippen LogP contribution is 2.16. The van der Waals surface area contributed by atoms with Crippen molar-refractivity contribution in [2.45, 2.75) is 26.1 Å². The van der Waals surface area contributed by atoms with Gasteiger partial charge >= 0.3 is 0 Å². The molecule has 1 aliphatic rings. The van der Waals surface area contributed by atoms with Crippen molar-refractivity contribution in [3.05, 3.63) is 46.5 Å². The molecule has 0 bridgehead atoms. The van der Waals surface area contributed by atoms with E-state index in [0.717, 1.165) is 36.5 Å². The van der Waals surface area contributed by atoms with Gasteiger partial charge < -0.3 is 10.4 Å². The number of aliphatic hydroxyl groups excluding tert-OH is 1. The second-order valence-electron chi connectivity index (χ2n) is 4.64. The molecule has 1 aromatic heterocycles. The van der Waals surface area contributed by atoms with Gasteiger partial charge in [-0.15, -0.1) is 5.10 Å². The summed E-state index contributed by atoms with van der Waals surface area (Å²) in [6.45, 7) is 1.99. The summed E-state index contributed by atoms with van der Waals surface area (Å²) in [5, 5.41) is 20.8. The van der Waals surface area contributed by atoms with Crippen molar-refractivity contribution in [3.63, 3.8) is 0 Å². The van der Waals surface area contributed by atoms with E-state index >= 15 is 0 Å². The SMILES string of the molecule is OCc1cc(F)ccc1Cn1nnc2c1CCNC2. The van der Waals surface area contributed by atoms with Crippen molar-refractivity contribution in [2.75, 3.05) is 6.54 Å². The second kappa shape index (κ2) is 5.07. The maximum absolute atomic E-state index is 13.1. The van der Waals surface area contributed by atoms with Gasteiger partial charge in [-0.05, 0) is 23.3 Å². The van der Waals surface area contributed by atoms with E-state index in [1.165, 1.54) is 12.1 Å². The predicted molar refractivity (Wildman–Crippen MR) is 66.9 cm³/mol. The van der Waals surface area contributed by atoms with E-state index in [9.17, 15) is 9.50 Å². The largest absolute Gasteiger partial charge is 0.392 e. The summed E-state index contributed by atoms with van der Waals surface area (Å²) in [4.78, 5) is 0. The van der Waals surface area contributed by atoms with Gasteiger partial charge in [0.25, 0.3) is 0 Å². The normalized spacial score (nSPS) is 14.4. The number of halogens is 1. The van der Waals surface area contributed by atoms with Gasteiger partial charge in [0.15, 0.2) is 0 Å². The van der Waals surface area contributed by atoms with Crippen LogP contribution in [-0.4, -0.2) is 26.6 Å². The minimum atomic E-state index is -0.336. The number of aromatic nitrogens is 3. The van der Waals surface area contributed by atoms with Crippen LogP contribution in [0, 0.1) is 5.82 Å². The number of aliphatic hydroxyl groups is 1. The minimum Gasteiger partial charge on any atom is -0.392 e. The van der Waals surface area contributed by atoms with Gasteiger partial charge in [-0.25, -0.2) is 9.07 Å². The first-order valence-electron chi connectivity index (χ1n) is 6.28. The predicted octanol–water partition coefficient (Wildman–Crippen LogP) is 0.604. The van der Waals surface area contributed by atoms with Crippen LogP contribution in [0.5, 0.6) is 0 Å². The number of rotatable bonds is 3. The van der Waals surface area contributed by atoms with Crippen molar-refractivity contribution >= 4 is 0 Å². The van der Waals surface area contributed by atoms with Crippen LogP contribution in [0.4, 0.5) is 4.39 Å². The van der Waals surface area contributed by atoms with E-state index in [1.807, 2.05) is 4.68 Å². The average Bonchev–Trinajstić information content (AvgIpc) is 2.84. The number of hydrogen-bond acceptors (Lipinski definition) is 4. The Labute approximate surface area is 110 Å². The highest BCUT2D eigenvalue weighted by atomic mass is 19.1. The molecule has 0 atom stereocenters. The van der Waals surface area contributed by atoms with Crippen molar-refractivity contribution in [3.8, 4) is 0 Å². The summed E-state index contributed by atoms with van der Waals surface area (Å²) in [6.07, 6.45) is 0.887. The van der Waals surface area contributed by atoms with Crippen LogP contribution in [0.2, 0.25) is 0 Å². The van der Waals surface area contributed by atoms with E-state index in [4.69, 9.17) is 0 Å². The van der Waals surface area contributed by atoms with E-state index in [0.29, 0.717) is 12.1 Å². The number of nitrogens with zero attached hydrogens (tertiary/aromatic N) is 3. The fourth-order valence-corrected chi connectivity index (χ4v) is 2.38. The summed E-state index contributed by atoms with van der Waals surface area (Å²) < 4.78 is 15.0. The monoisotopic (exact) mass is 262 g/mol. The number of benzene rings is 1. The lowest BCUT2D eigenvalue weighted by Gasteiger charge is -2.14. The molecule has 0 amide bonds. The molecule has 0 unspecified atom stereocenters. The van der Waals surface area contributed by atoms with Crippen molar-refractivity contribution < 1.29 is 9.50 Å². The van der Waals surface area contributed by atoms with Gasteiger partial charge in [0.05, 0.1) is 24.5 Å². The van der Waals surface area contributed by atoms with E-state index in [2.05, 4.69) is 15.6 Å². The molecule has 100 valence electrons. The minimum absolute atomic E-state index is 0.175. The lowest BCUT2D eigenvalue weighted by atomic mass is 10.1. The van der Waals surface area contributed by atoms with Gasteiger partial charge in [0, 0.05) is 19.5 Å². The molecule has 0 spiro atoms. The molecule has 1 aliphatic heterocycles. The van der Waals surface area contributed by atoms with E-state index < -0.39 is 0 Å². The Morgan fingerprint density at radius 3 is 3.11 bits per heavy atom. The highest BCUT2D eigenvalue weighted by molar-refractivity contribution is 5.28. The standard InChI is InChI=1S/C13H15FN4O/c14-11-2-1-9(10(5-11)8-19)7-18-13-3-4-15-6-12(13)16-17-18/h1-2,5,15,19H,3-4,6-8H2. The van der Waals surface area contributed by atoms with Crippen molar-refractivity contribution in [1.29, 1.82) is 0 Å². The van der Waals surface area contributed by atoms with Gasteiger partial charge in [0.1, 0.15) is 5.82 Å². The topological polar surface area (TPSA) is 63.0 Å². The first kappa shape index (κ1) is 12.3. The Balaban J connectivity index is 1.91. The molecule has 2 aromatic rings. The molecule has 6 heteroatoms. The molecule has 0 fully saturated rings. The maximum Gasteiger partial charge on any atom is 0.123 e. The summed E-state index contributed by atoms with van der Waals surface area (Å²) >= 11 is 0. The average molecular weight is 262 g/mol. The quantitative estimate of drug-likeness (QED) is 0.850. The zero-order valence-corrected chi connectivity index (χ0v) is 10.4. The van der Waals surface area contributed by atoms with Crippen LogP contribution >= 0.6 is 0 Å². The zero-order valence-electron chi connectivity index (χ0n) is 10.4. The summed E-state index contributed by atoms with van der Waals surface area (Å²) in [5.41, 5.74) is 3.55. The van der Waals surface area contributed by atoms with Crippen LogP contribution in [0.15, 0.2) is 18.2 Å². The Morgan fingerprint density at radius 2 is 2.26 bits per heavy atom. The number of nitrogens with one attached hydrogen (secondary N) is 1. The van der Waals surface area contributed by atoms with Crippen LogP contribution < -0.4 is 5.32 Å². The molecule has 1 aromatic carbocycles. The van der Waals surface area contributed by atoms with Crippen LogP contribution in [0.1, 0.15) is 22.5 Å². The maximum atomic E-state index is 13.1. The Bertz CT molecular complexity index is 596. The Morgan fingerprint density at radius 1 is 1.37 bits per heavy atom. The van der Waals surface area contributed by atoms with Crippen LogP contribution in [-0.2, 0) is 26.1 Å². The number of fused-ring (bicyclic) bond motifs is 1. The number of hydrogen-bond donors (Lipinski definition) is 2. The summed E-state index contributed by atoms with van der Waals surface area (Å²) in [5.74, 6) is -0.336. The summed E-state index contributed by atoms with van der Waals surface area (Å²) in [7, 11) is 0. The molecule has 2 heterocycles. The summed E-state index contributed by atoms with van der Waals surface area (Å²) in [6, 6.07) is 4.45. The molecule has 0 radical (unpaired) electrons. The second-order valence-corrected chi connectivity index (χ2v) is 4.64. The van der Waals surface area contributed by atoms with Crippen LogP contribution in [0.25, 0.3) is 0 Å². The Hall–Kier alpha value is -1.79. The van der Waals surface area contributed by atoms with Gasteiger partial charge in [-0.3, -0.25) is 0 Å². The fraction of sp³-hybridized carbons (Fsp3) is 0.385. The third kappa shape index (κ3) is 2.36. The molecule has 0 saturated heterocycles. The highest BCUT2D eigenvalue weighted by Gasteiger charge is 2.17. The van der Waals surface area contributed by atoms with E-state index in [-0.39, 0.29) is 12.4 Å². The molecule has 2 N–H and O–H groups in total. The van der Waals surface area contributed by atoms with Gasteiger partial charge in [-0.2, -0.15) is 0 Å². The molecule has 0 saturated carbocycles. The van der Waals surface area contributed by atoms with Crippen molar-refractivity contribution in [2.24, 2.45) is 0 Å². The first-order chi connectivity index (χ1) is 9.28. The molecule has 19 heavy (non-hydrogen) atoms. The zero-order chi connectivity index (χ0) is 13.2. The molecular weight excluding hydrogens is 247 g/mol. The van der Waals surface area contributed by atoms with E-state index in [1.54, 1.807) is 6.07 Å². The lowest BCUT2D eigenvalue weighted by molar-refractivity contribution is 0.279. The smallest absolute Gasteiger partial charge is 0.123 e. The first-order valence-corrected chi connectivity index (χ1v) is 6.28. The molecule has 5 nitrogen and oxygen atoms in total. The fourth-order valence-electron chi connectivity index (χ4n) is 2.38. The third-order valence-electron chi connectivity index (χ3n) is 3.41. The van der Waals surface area contributed by atoms with Gasteiger partial charge in [-0.1, -0.05) is 11.3 Å². The Kier molecular flexibility index (Phi) is 3.27. The van der Waals surface area contributed by atoms with Crippen molar-refractivity contribution in [1.82, 2.24) is 20.3 Å².